The highest BCUT2D eigenvalue weighted by molar-refractivity contribution is 5.47. The van der Waals surface area contributed by atoms with Gasteiger partial charge in [0.1, 0.15) is 0 Å². The maximum absolute atomic E-state index is 6.44. The van der Waals surface area contributed by atoms with Crippen LogP contribution in [0.1, 0.15) is 46.5 Å². The van der Waals surface area contributed by atoms with E-state index in [1.165, 1.54) is 36.8 Å². The first-order valence-corrected chi connectivity index (χ1v) is 5.65. The van der Waals surface area contributed by atoms with Gasteiger partial charge in [0.05, 0.1) is 5.54 Å². The molecule has 0 aromatic heterocycles. The molecule has 14 heavy (non-hydrogen) atoms. The van der Waals surface area contributed by atoms with E-state index < -0.39 is 0 Å². The number of fused-ring (bicyclic) bond motifs is 1. The largest absolute Gasteiger partial charge is 0.318 e. The second-order valence-electron chi connectivity index (χ2n) is 5.73. The molecule has 1 fully saturated rings. The minimum absolute atomic E-state index is 0.129. The number of hydrogen-bond acceptors (Lipinski definition) is 1. The van der Waals surface area contributed by atoms with Gasteiger partial charge in [0.2, 0.25) is 0 Å². The Morgan fingerprint density at radius 2 is 1.50 bits per heavy atom. The van der Waals surface area contributed by atoms with Crippen LogP contribution in [0.3, 0.4) is 0 Å². The first kappa shape index (κ1) is 9.97. The molecule has 0 amide bonds. The minimum atomic E-state index is -0.206. The zero-order chi connectivity index (χ0) is 10.4. The van der Waals surface area contributed by atoms with Crippen LogP contribution in [0, 0.1) is 5.41 Å². The highest BCUT2D eigenvalue weighted by Crippen LogP contribution is 2.43. The maximum atomic E-state index is 6.44. The van der Waals surface area contributed by atoms with Gasteiger partial charge in [-0.3, -0.25) is 0 Å². The molecule has 0 aromatic rings. The van der Waals surface area contributed by atoms with Crippen LogP contribution in [-0.2, 0) is 0 Å². The lowest BCUT2D eigenvalue weighted by atomic mass is 9.75. The van der Waals surface area contributed by atoms with Crippen molar-refractivity contribution in [2.24, 2.45) is 11.1 Å². The lowest BCUT2D eigenvalue weighted by molar-refractivity contribution is 0.295. The van der Waals surface area contributed by atoms with Crippen LogP contribution in [0.15, 0.2) is 23.3 Å². The third-order valence-electron chi connectivity index (χ3n) is 3.68. The van der Waals surface area contributed by atoms with Crippen molar-refractivity contribution >= 4 is 0 Å². The van der Waals surface area contributed by atoms with Crippen molar-refractivity contribution in [2.45, 2.75) is 52.0 Å². The Labute approximate surface area is 87.1 Å². The van der Waals surface area contributed by atoms with Gasteiger partial charge in [-0.2, -0.15) is 0 Å². The summed E-state index contributed by atoms with van der Waals surface area (Å²) in [5.74, 6) is 0. The van der Waals surface area contributed by atoms with Crippen molar-refractivity contribution in [1.82, 2.24) is 0 Å². The summed E-state index contributed by atoms with van der Waals surface area (Å²) >= 11 is 0. The fraction of sp³-hybridized carbons (Fsp3) is 0.692. The number of allylic oxidation sites excluding steroid dienone is 2. The van der Waals surface area contributed by atoms with Gasteiger partial charge in [0.25, 0.3) is 0 Å². The Hall–Kier alpha value is -0.560. The molecule has 0 heterocycles. The van der Waals surface area contributed by atoms with Crippen LogP contribution in [-0.4, -0.2) is 5.54 Å². The molecule has 0 unspecified atom stereocenters. The second kappa shape index (κ2) is 2.96. The minimum Gasteiger partial charge on any atom is -0.318 e. The molecule has 1 heteroatoms. The number of nitrogens with two attached hydrogens (primary N) is 1. The Balaban J connectivity index is 2.35. The Morgan fingerprint density at radius 3 is 1.86 bits per heavy atom. The zero-order valence-corrected chi connectivity index (χ0v) is 9.56. The van der Waals surface area contributed by atoms with Crippen LogP contribution in [0.5, 0.6) is 0 Å². The molecule has 78 valence electrons. The van der Waals surface area contributed by atoms with E-state index in [0.717, 1.165) is 0 Å². The fourth-order valence-corrected chi connectivity index (χ4v) is 2.33. The lowest BCUT2D eigenvalue weighted by Gasteiger charge is -2.35. The summed E-state index contributed by atoms with van der Waals surface area (Å²) in [5, 5.41) is 0. The molecule has 1 saturated carbocycles. The number of rotatable bonds is 0. The third kappa shape index (κ3) is 1.44. The molecule has 0 saturated heterocycles. The summed E-state index contributed by atoms with van der Waals surface area (Å²) < 4.78 is 0. The first-order valence-electron chi connectivity index (χ1n) is 5.65. The van der Waals surface area contributed by atoms with Crippen LogP contribution >= 0.6 is 0 Å². The van der Waals surface area contributed by atoms with E-state index in [1.54, 1.807) is 0 Å². The van der Waals surface area contributed by atoms with Gasteiger partial charge in [-0.05, 0) is 42.2 Å². The molecule has 0 spiro atoms. The summed E-state index contributed by atoms with van der Waals surface area (Å²) in [7, 11) is 0. The average Bonchev–Trinajstić information content (AvgIpc) is 2.40. The highest BCUT2D eigenvalue weighted by Gasteiger charge is 2.39. The van der Waals surface area contributed by atoms with Crippen LogP contribution in [0.2, 0.25) is 0 Å². The highest BCUT2D eigenvalue weighted by atomic mass is 14.8. The summed E-state index contributed by atoms with van der Waals surface area (Å²) in [6, 6.07) is 0. The van der Waals surface area contributed by atoms with Crippen LogP contribution < -0.4 is 5.73 Å². The van der Waals surface area contributed by atoms with E-state index in [-0.39, 0.29) is 11.0 Å². The predicted molar refractivity (Wildman–Crippen MR) is 61.0 cm³/mol. The quantitative estimate of drug-likeness (QED) is 0.625. The van der Waals surface area contributed by atoms with Crippen molar-refractivity contribution in [1.29, 1.82) is 0 Å². The Kier molecular flexibility index (Phi) is 2.11. The SMILES string of the molecule is CC(C)(C)C1(N)C=C2CCCCC2=C1. The maximum Gasteiger partial charge on any atom is 0.0585 e. The topological polar surface area (TPSA) is 26.0 Å². The van der Waals surface area contributed by atoms with Gasteiger partial charge in [0.15, 0.2) is 0 Å². The Morgan fingerprint density at radius 1 is 1.07 bits per heavy atom. The third-order valence-corrected chi connectivity index (χ3v) is 3.68. The van der Waals surface area contributed by atoms with E-state index in [9.17, 15) is 0 Å². The molecule has 2 aliphatic carbocycles. The normalized spacial score (nSPS) is 25.4. The molecule has 2 aliphatic rings. The molecule has 1 nitrogen and oxygen atoms in total. The van der Waals surface area contributed by atoms with Gasteiger partial charge in [-0.25, -0.2) is 0 Å². The van der Waals surface area contributed by atoms with Crippen LogP contribution in [0.4, 0.5) is 0 Å². The summed E-state index contributed by atoms with van der Waals surface area (Å²) in [6.07, 6.45) is 9.76. The molecule has 0 radical (unpaired) electrons. The van der Waals surface area contributed by atoms with Crippen molar-refractivity contribution in [3.63, 3.8) is 0 Å². The van der Waals surface area contributed by atoms with Crippen molar-refractivity contribution in [2.75, 3.05) is 0 Å². The average molecular weight is 191 g/mol. The molecular weight excluding hydrogens is 170 g/mol. The smallest absolute Gasteiger partial charge is 0.0585 e. The first-order chi connectivity index (χ1) is 6.42. The van der Waals surface area contributed by atoms with Crippen LogP contribution in [0.25, 0.3) is 0 Å². The van der Waals surface area contributed by atoms with Gasteiger partial charge in [-0.15, -0.1) is 0 Å². The van der Waals surface area contributed by atoms with Gasteiger partial charge in [-0.1, -0.05) is 32.9 Å². The molecular formula is C13H21N. The molecule has 2 N–H and O–H groups in total. The van der Waals surface area contributed by atoms with E-state index in [0.29, 0.717) is 0 Å². The summed E-state index contributed by atoms with van der Waals surface area (Å²) in [5.41, 5.74) is 9.41. The fourth-order valence-electron chi connectivity index (χ4n) is 2.33. The molecule has 0 aromatic carbocycles. The van der Waals surface area contributed by atoms with Crippen molar-refractivity contribution < 1.29 is 0 Å². The summed E-state index contributed by atoms with van der Waals surface area (Å²) in [6.45, 7) is 6.66. The number of hydrogen-bond donors (Lipinski definition) is 1. The van der Waals surface area contributed by atoms with E-state index in [1.807, 2.05) is 0 Å². The summed E-state index contributed by atoms with van der Waals surface area (Å²) in [4.78, 5) is 0. The molecule has 0 aliphatic heterocycles. The van der Waals surface area contributed by atoms with E-state index in [2.05, 4.69) is 32.9 Å². The van der Waals surface area contributed by atoms with Crippen molar-refractivity contribution in [3.05, 3.63) is 23.3 Å². The zero-order valence-electron chi connectivity index (χ0n) is 9.56. The molecule has 2 rings (SSSR count). The van der Waals surface area contributed by atoms with Gasteiger partial charge in [0, 0.05) is 0 Å². The standard InChI is InChI=1S/C13H21N/c1-12(2,3)13(14)8-10-6-4-5-7-11(10)9-13/h8-9H,4-7,14H2,1-3H3. The predicted octanol–water partition coefficient (Wildman–Crippen LogP) is 3.17. The van der Waals surface area contributed by atoms with Gasteiger partial charge < -0.3 is 5.73 Å². The van der Waals surface area contributed by atoms with E-state index in [4.69, 9.17) is 5.73 Å². The van der Waals surface area contributed by atoms with Gasteiger partial charge >= 0.3 is 0 Å². The Bertz CT molecular complexity index is 280. The molecule has 0 atom stereocenters. The second-order valence-corrected chi connectivity index (χ2v) is 5.73. The molecule has 0 bridgehead atoms. The van der Waals surface area contributed by atoms with E-state index >= 15 is 0 Å². The van der Waals surface area contributed by atoms with Crippen molar-refractivity contribution in [3.8, 4) is 0 Å². The monoisotopic (exact) mass is 191 g/mol. The lowest BCUT2D eigenvalue weighted by Crippen LogP contribution is -2.47.